The summed E-state index contributed by atoms with van der Waals surface area (Å²) in [6, 6.07) is 1.32. The first-order chi connectivity index (χ1) is 7.97. The Hall–Kier alpha value is -1.40. The number of rotatable bonds is 5. The molecule has 0 fully saturated rings. The van der Waals surface area contributed by atoms with Crippen molar-refractivity contribution in [2.75, 3.05) is 32.2 Å². The highest BCUT2D eigenvalue weighted by molar-refractivity contribution is 6.33. The molecule has 0 N–H and O–H groups in total. The molecule has 0 unspecified atom stereocenters. The predicted molar refractivity (Wildman–Crippen MR) is 65.8 cm³/mol. The van der Waals surface area contributed by atoms with Crippen LogP contribution in [0.15, 0.2) is 6.07 Å². The van der Waals surface area contributed by atoms with Crippen LogP contribution in [0.25, 0.3) is 0 Å². The van der Waals surface area contributed by atoms with Gasteiger partial charge in [-0.15, -0.1) is 0 Å². The quantitative estimate of drug-likeness (QED) is 0.598. The number of ether oxygens (including phenoxy) is 1. The molecule has 7 heteroatoms. The van der Waals surface area contributed by atoms with Gasteiger partial charge in [0.2, 0.25) is 0 Å². The van der Waals surface area contributed by atoms with E-state index in [-0.39, 0.29) is 10.7 Å². The average molecular weight is 260 g/mol. The van der Waals surface area contributed by atoms with E-state index in [9.17, 15) is 10.1 Å². The topological polar surface area (TPSA) is 68.5 Å². The van der Waals surface area contributed by atoms with Crippen LogP contribution in [0.3, 0.4) is 0 Å². The largest absolute Gasteiger partial charge is 0.383 e. The zero-order valence-electron chi connectivity index (χ0n) is 9.94. The van der Waals surface area contributed by atoms with Gasteiger partial charge in [-0.25, -0.2) is 4.98 Å². The zero-order chi connectivity index (χ0) is 13.0. The van der Waals surface area contributed by atoms with Crippen molar-refractivity contribution in [2.45, 2.75) is 6.92 Å². The van der Waals surface area contributed by atoms with Crippen LogP contribution in [0, 0.1) is 17.0 Å². The summed E-state index contributed by atoms with van der Waals surface area (Å²) >= 11 is 5.97. The molecule has 1 aromatic rings. The van der Waals surface area contributed by atoms with Gasteiger partial charge in [-0.05, 0) is 6.92 Å². The fourth-order valence-corrected chi connectivity index (χ4v) is 1.64. The number of hydrogen-bond donors (Lipinski definition) is 0. The van der Waals surface area contributed by atoms with Crippen molar-refractivity contribution in [2.24, 2.45) is 0 Å². The highest BCUT2D eigenvalue weighted by Crippen LogP contribution is 2.28. The van der Waals surface area contributed by atoms with E-state index in [0.717, 1.165) is 0 Å². The fourth-order valence-electron chi connectivity index (χ4n) is 1.35. The Labute approximate surface area is 104 Å². The first-order valence-corrected chi connectivity index (χ1v) is 5.36. The lowest BCUT2D eigenvalue weighted by molar-refractivity contribution is -0.385. The molecular formula is C10H14ClN3O3. The number of anilines is 1. The van der Waals surface area contributed by atoms with E-state index in [1.165, 1.54) is 6.07 Å². The summed E-state index contributed by atoms with van der Waals surface area (Å²) < 4.78 is 4.95. The Balaban J connectivity index is 3.02. The number of likely N-dealkylation sites (N-methyl/N-ethyl adjacent to an activating group) is 1. The standard InChI is InChI=1S/C10H14ClN3O3/c1-7-9(14(15)16)6-8(11)10(12-7)13(2)4-5-17-3/h6H,4-5H2,1-3H3. The number of nitro groups is 1. The van der Waals surface area contributed by atoms with E-state index < -0.39 is 4.92 Å². The van der Waals surface area contributed by atoms with Crippen LogP contribution in [0.1, 0.15) is 5.69 Å². The number of aryl methyl sites for hydroxylation is 1. The highest BCUT2D eigenvalue weighted by atomic mass is 35.5. The van der Waals surface area contributed by atoms with Crippen LogP contribution in [0.4, 0.5) is 11.5 Å². The second-order valence-corrected chi connectivity index (χ2v) is 3.98. The molecule has 0 aliphatic rings. The Kier molecular flexibility index (Phi) is 4.65. The molecule has 94 valence electrons. The van der Waals surface area contributed by atoms with Gasteiger partial charge in [-0.3, -0.25) is 10.1 Å². The summed E-state index contributed by atoms with van der Waals surface area (Å²) in [5.41, 5.74) is 0.276. The van der Waals surface area contributed by atoms with E-state index in [1.54, 1.807) is 26.0 Å². The summed E-state index contributed by atoms with van der Waals surface area (Å²) in [6.45, 7) is 2.73. The number of nitrogens with zero attached hydrogens (tertiary/aromatic N) is 3. The maximum absolute atomic E-state index is 10.7. The minimum absolute atomic E-state index is 0.0705. The minimum atomic E-state index is -0.493. The monoisotopic (exact) mass is 259 g/mol. The van der Waals surface area contributed by atoms with Gasteiger partial charge < -0.3 is 9.64 Å². The lowest BCUT2D eigenvalue weighted by atomic mass is 10.3. The third kappa shape index (κ3) is 3.28. The van der Waals surface area contributed by atoms with Crippen molar-refractivity contribution < 1.29 is 9.66 Å². The Morgan fingerprint density at radius 2 is 2.29 bits per heavy atom. The van der Waals surface area contributed by atoms with Crippen LogP contribution >= 0.6 is 11.6 Å². The van der Waals surface area contributed by atoms with Gasteiger partial charge in [-0.2, -0.15) is 0 Å². The lowest BCUT2D eigenvalue weighted by Crippen LogP contribution is -2.23. The second-order valence-electron chi connectivity index (χ2n) is 3.57. The molecule has 0 aliphatic carbocycles. The maximum Gasteiger partial charge on any atom is 0.292 e. The second kappa shape index (κ2) is 5.79. The van der Waals surface area contributed by atoms with Gasteiger partial charge in [-0.1, -0.05) is 11.6 Å². The molecule has 0 atom stereocenters. The molecule has 0 saturated carbocycles. The van der Waals surface area contributed by atoms with Gasteiger partial charge in [0.05, 0.1) is 16.6 Å². The van der Waals surface area contributed by atoms with Crippen LogP contribution in [-0.4, -0.2) is 37.2 Å². The number of methoxy groups -OCH3 is 1. The van der Waals surface area contributed by atoms with Gasteiger partial charge in [0.15, 0.2) is 0 Å². The SMILES string of the molecule is COCCN(C)c1nc(C)c([N+](=O)[O-])cc1Cl. The summed E-state index contributed by atoms with van der Waals surface area (Å²) in [6.07, 6.45) is 0. The molecule has 0 bridgehead atoms. The van der Waals surface area contributed by atoms with E-state index in [1.807, 2.05) is 0 Å². The van der Waals surface area contributed by atoms with Crippen molar-refractivity contribution in [3.63, 3.8) is 0 Å². The molecule has 1 rings (SSSR count). The van der Waals surface area contributed by atoms with E-state index >= 15 is 0 Å². The third-order valence-corrected chi connectivity index (χ3v) is 2.59. The lowest BCUT2D eigenvalue weighted by Gasteiger charge is -2.19. The Morgan fingerprint density at radius 3 is 2.82 bits per heavy atom. The molecule has 1 aromatic heterocycles. The van der Waals surface area contributed by atoms with Crippen molar-refractivity contribution in [3.8, 4) is 0 Å². The van der Waals surface area contributed by atoms with Crippen molar-refractivity contribution in [3.05, 3.63) is 26.9 Å². The molecular weight excluding hydrogens is 246 g/mol. The Bertz CT molecular complexity index is 426. The van der Waals surface area contributed by atoms with Crippen LogP contribution in [0.5, 0.6) is 0 Å². The molecule has 0 spiro atoms. The number of hydrogen-bond acceptors (Lipinski definition) is 5. The predicted octanol–water partition coefficient (Wildman–Crippen LogP) is 2.03. The third-order valence-electron chi connectivity index (χ3n) is 2.31. The summed E-state index contributed by atoms with van der Waals surface area (Å²) in [5.74, 6) is 0.520. The highest BCUT2D eigenvalue weighted by Gasteiger charge is 2.17. The van der Waals surface area contributed by atoms with Gasteiger partial charge in [0, 0.05) is 26.8 Å². The van der Waals surface area contributed by atoms with Gasteiger partial charge in [0.1, 0.15) is 11.5 Å². The Morgan fingerprint density at radius 1 is 1.65 bits per heavy atom. The van der Waals surface area contributed by atoms with Gasteiger partial charge in [0.25, 0.3) is 5.69 Å². The van der Waals surface area contributed by atoms with Crippen molar-refractivity contribution in [1.82, 2.24) is 4.98 Å². The minimum Gasteiger partial charge on any atom is -0.383 e. The summed E-state index contributed by atoms with van der Waals surface area (Å²) in [5, 5.41) is 11.0. The molecule has 0 radical (unpaired) electrons. The fraction of sp³-hybridized carbons (Fsp3) is 0.500. The molecule has 1 heterocycles. The number of pyridine rings is 1. The average Bonchev–Trinajstić information content (AvgIpc) is 2.28. The van der Waals surface area contributed by atoms with E-state index in [2.05, 4.69) is 4.98 Å². The molecule has 0 aromatic carbocycles. The number of aromatic nitrogens is 1. The molecule has 6 nitrogen and oxygen atoms in total. The molecule has 17 heavy (non-hydrogen) atoms. The summed E-state index contributed by atoms with van der Waals surface area (Å²) in [7, 11) is 3.41. The maximum atomic E-state index is 10.7. The molecule has 0 amide bonds. The van der Waals surface area contributed by atoms with Gasteiger partial charge >= 0.3 is 0 Å². The molecule has 0 saturated heterocycles. The first kappa shape index (κ1) is 13.7. The molecule has 0 aliphatic heterocycles. The van der Waals surface area contributed by atoms with Crippen molar-refractivity contribution >= 4 is 23.1 Å². The smallest absolute Gasteiger partial charge is 0.292 e. The van der Waals surface area contributed by atoms with Crippen molar-refractivity contribution in [1.29, 1.82) is 0 Å². The van der Waals surface area contributed by atoms with E-state index in [0.29, 0.717) is 24.7 Å². The zero-order valence-corrected chi connectivity index (χ0v) is 10.7. The number of halogens is 1. The van der Waals surface area contributed by atoms with Crippen LogP contribution < -0.4 is 4.90 Å². The van der Waals surface area contributed by atoms with Crippen LogP contribution in [0.2, 0.25) is 5.02 Å². The normalized spacial score (nSPS) is 10.4. The van der Waals surface area contributed by atoms with E-state index in [4.69, 9.17) is 16.3 Å². The van der Waals surface area contributed by atoms with Crippen LogP contribution in [-0.2, 0) is 4.74 Å². The first-order valence-electron chi connectivity index (χ1n) is 4.99. The summed E-state index contributed by atoms with van der Waals surface area (Å²) in [4.78, 5) is 16.1.